The fourth-order valence-electron chi connectivity index (χ4n) is 2.29. The molecule has 2 rings (SSSR count). The second kappa shape index (κ2) is 6.65. The molecule has 110 valence electrons. The fraction of sp³-hybridized carbons (Fsp3) is 0.500. The van der Waals surface area contributed by atoms with Gasteiger partial charge in [0.25, 0.3) is 0 Å². The molecule has 1 heterocycles. The van der Waals surface area contributed by atoms with Gasteiger partial charge < -0.3 is 15.4 Å². The molecular weight excluding hydrogens is 266 g/mol. The Hall–Kier alpha value is -1.69. The number of benzene rings is 1. The first-order valence-electron chi connectivity index (χ1n) is 6.57. The Morgan fingerprint density at radius 1 is 1.40 bits per heavy atom. The number of nitrogens with two attached hydrogens (primary N) is 1. The first-order chi connectivity index (χ1) is 9.58. The zero-order valence-corrected chi connectivity index (χ0v) is 11.0. The van der Waals surface area contributed by atoms with Crippen LogP contribution in [0.15, 0.2) is 30.3 Å². The van der Waals surface area contributed by atoms with Crippen LogP contribution in [0.3, 0.4) is 0 Å². The monoisotopic (exact) mass is 284 g/mol. The predicted molar refractivity (Wildman–Crippen MR) is 70.3 cm³/mol. The predicted octanol–water partition coefficient (Wildman–Crippen LogP) is 2.24. The van der Waals surface area contributed by atoms with Gasteiger partial charge in [0, 0.05) is 25.0 Å². The van der Waals surface area contributed by atoms with E-state index < -0.39 is 24.5 Å². The van der Waals surface area contributed by atoms with E-state index in [9.17, 15) is 13.6 Å². The van der Waals surface area contributed by atoms with Crippen molar-refractivity contribution in [1.82, 2.24) is 4.90 Å². The van der Waals surface area contributed by atoms with Crippen molar-refractivity contribution in [3.05, 3.63) is 35.9 Å². The summed E-state index contributed by atoms with van der Waals surface area (Å²) in [6, 6.07) is 8.58. The lowest BCUT2D eigenvalue weighted by atomic mass is 9.93. The van der Waals surface area contributed by atoms with Crippen molar-refractivity contribution in [2.75, 3.05) is 13.1 Å². The third kappa shape index (κ3) is 3.66. The van der Waals surface area contributed by atoms with Crippen molar-refractivity contribution < 1.29 is 18.3 Å². The Morgan fingerprint density at radius 3 is 2.70 bits per heavy atom. The largest absolute Gasteiger partial charge is 0.445 e. The number of ether oxygens (including phenoxy) is 1. The van der Waals surface area contributed by atoms with Gasteiger partial charge in [-0.2, -0.15) is 0 Å². The van der Waals surface area contributed by atoms with Gasteiger partial charge in [0.15, 0.2) is 0 Å². The normalized spacial score (nSPS) is 22.9. The Kier molecular flexibility index (Phi) is 4.89. The van der Waals surface area contributed by atoms with Gasteiger partial charge in [-0.3, -0.25) is 0 Å². The molecule has 1 saturated heterocycles. The summed E-state index contributed by atoms with van der Waals surface area (Å²) in [6.07, 6.45) is -2.73. The van der Waals surface area contributed by atoms with Gasteiger partial charge in [0.2, 0.25) is 6.43 Å². The van der Waals surface area contributed by atoms with Gasteiger partial charge in [-0.05, 0) is 12.0 Å². The molecule has 0 aromatic heterocycles. The molecule has 1 aliphatic heterocycles. The molecule has 1 fully saturated rings. The van der Waals surface area contributed by atoms with E-state index >= 15 is 0 Å². The second-order valence-electron chi connectivity index (χ2n) is 4.94. The first kappa shape index (κ1) is 14.7. The van der Waals surface area contributed by atoms with Crippen molar-refractivity contribution in [3.63, 3.8) is 0 Å². The van der Waals surface area contributed by atoms with Gasteiger partial charge in [0.1, 0.15) is 6.61 Å². The number of carbonyl (C=O) groups is 1. The van der Waals surface area contributed by atoms with Crippen molar-refractivity contribution in [3.8, 4) is 0 Å². The summed E-state index contributed by atoms with van der Waals surface area (Å²) < 4.78 is 30.5. The molecule has 2 atom stereocenters. The highest BCUT2D eigenvalue weighted by molar-refractivity contribution is 5.67. The van der Waals surface area contributed by atoms with Gasteiger partial charge in [0.05, 0.1) is 0 Å². The first-order valence-corrected chi connectivity index (χ1v) is 6.57. The lowest BCUT2D eigenvalue weighted by Crippen LogP contribution is -2.52. The van der Waals surface area contributed by atoms with E-state index in [2.05, 4.69) is 0 Å². The molecule has 4 nitrogen and oxygen atoms in total. The Bertz CT molecular complexity index is 442. The van der Waals surface area contributed by atoms with E-state index in [1.165, 1.54) is 4.90 Å². The lowest BCUT2D eigenvalue weighted by Gasteiger charge is -2.35. The molecule has 20 heavy (non-hydrogen) atoms. The SMILES string of the molecule is NC1CN(C(=O)OCc2ccccc2)CCC1C(F)F. The van der Waals surface area contributed by atoms with Crippen molar-refractivity contribution in [2.45, 2.75) is 25.5 Å². The molecule has 1 aliphatic rings. The quantitative estimate of drug-likeness (QED) is 0.926. The van der Waals surface area contributed by atoms with Crippen LogP contribution in [0.25, 0.3) is 0 Å². The number of rotatable bonds is 3. The van der Waals surface area contributed by atoms with Crippen LogP contribution in [0.1, 0.15) is 12.0 Å². The highest BCUT2D eigenvalue weighted by Gasteiger charge is 2.35. The van der Waals surface area contributed by atoms with E-state index in [1.807, 2.05) is 30.3 Å². The van der Waals surface area contributed by atoms with Crippen molar-refractivity contribution in [2.24, 2.45) is 11.7 Å². The number of nitrogens with zero attached hydrogens (tertiary/aromatic N) is 1. The number of amides is 1. The van der Waals surface area contributed by atoms with Crippen LogP contribution in [-0.2, 0) is 11.3 Å². The molecule has 1 aromatic carbocycles. The number of piperidine rings is 1. The van der Waals surface area contributed by atoms with E-state index in [0.717, 1.165) is 5.56 Å². The van der Waals surface area contributed by atoms with E-state index in [-0.39, 0.29) is 26.1 Å². The van der Waals surface area contributed by atoms with Gasteiger partial charge in [-0.15, -0.1) is 0 Å². The van der Waals surface area contributed by atoms with Crippen LogP contribution < -0.4 is 5.73 Å². The Labute approximate surface area is 116 Å². The molecule has 1 aromatic rings. The van der Waals surface area contributed by atoms with E-state index in [1.54, 1.807) is 0 Å². The lowest BCUT2D eigenvalue weighted by molar-refractivity contribution is 0.0168. The molecule has 0 aliphatic carbocycles. The zero-order chi connectivity index (χ0) is 14.5. The zero-order valence-electron chi connectivity index (χ0n) is 11.0. The molecule has 0 spiro atoms. The minimum atomic E-state index is -2.44. The van der Waals surface area contributed by atoms with Crippen LogP contribution in [0, 0.1) is 5.92 Å². The summed E-state index contributed by atoms with van der Waals surface area (Å²) in [6.45, 7) is 0.544. The average molecular weight is 284 g/mol. The number of hydrogen-bond donors (Lipinski definition) is 1. The van der Waals surface area contributed by atoms with Crippen LogP contribution in [-0.4, -0.2) is 36.5 Å². The third-order valence-corrected chi connectivity index (χ3v) is 3.50. The number of hydrogen-bond acceptors (Lipinski definition) is 3. The van der Waals surface area contributed by atoms with Crippen LogP contribution in [0.4, 0.5) is 13.6 Å². The maximum absolute atomic E-state index is 12.7. The summed E-state index contributed by atoms with van der Waals surface area (Å²) in [5, 5.41) is 0. The van der Waals surface area contributed by atoms with Crippen molar-refractivity contribution in [1.29, 1.82) is 0 Å². The minimum absolute atomic E-state index is 0.114. The van der Waals surface area contributed by atoms with Gasteiger partial charge in [-0.1, -0.05) is 30.3 Å². The number of alkyl halides is 2. The highest BCUT2D eigenvalue weighted by atomic mass is 19.3. The number of carbonyl (C=O) groups excluding carboxylic acids is 1. The molecule has 6 heteroatoms. The van der Waals surface area contributed by atoms with E-state index in [0.29, 0.717) is 0 Å². The third-order valence-electron chi connectivity index (χ3n) is 3.50. The van der Waals surface area contributed by atoms with Crippen LogP contribution in [0.2, 0.25) is 0 Å². The molecule has 1 amide bonds. The topological polar surface area (TPSA) is 55.6 Å². The average Bonchev–Trinajstić information content (AvgIpc) is 2.45. The van der Waals surface area contributed by atoms with Gasteiger partial charge in [-0.25, -0.2) is 13.6 Å². The molecule has 0 saturated carbocycles. The smallest absolute Gasteiger partial charge is 0.410 e. The summed E-state index contributed by atoms with van der Waals surface area (Å²) in [7, 11) is 0. The Morgan fingerprint density at radius 2 is 2.10 bits per heavy atom. The van der Waals surface area contributed by atoms with E-state index in [4.69, 9.17) is 10.5 Å². The Balaban J connectivity index is 1.82. The molecule has 2 unspecified atom stereocenters. The highest BCUT2D eigenvalue weighted by Crippen LogP contribution is 2.23. The molecule has 2 N–H and O–H groups in total. The molecular formula is C14H18F2N2O2. The summed E-state index contributed by atoms with van der Waals surface area (Å²) in [5.74, 6) is -0.840. The molecule has 0 bridgehead atoms. The second-order valence-corrected chi connectivity index (χ2v) is 4.94. The minimum Gasteiger partial charge on any atom is -0.445 e. The summed E-state index contributed by atoms with van der Waals surface area (Å²) >= 11 is 0. The maximum atomic E-state index is 12.7. The number of likely N-dealkylation sites (tertiary alicyclic amines) is 1. The molecule has 0 radical (unpaired) electrons. The standard InChI is InChI=1S/C14H18F2N2O2/c15-13(16)11-6-7-18(8-12(11)17)14(19)20-9-10-4-2-1-3-5-10/h1-5,11-13H,6-9,17H2. The summed E-state index contributed by atoms with van der Waals surface area (Å²) in [4.78, 5) is 13.2. The van der Waals surface area contributed by atoms with Crippen LogP contribution >= 0.6 is 0 Å². The van der Waals surface area contributed by atoms with Crippen LogP contribution in [0.5, 0.6) is 0 Å². The van der Waals surface area contributed by atoms with Crippen molar-refractivity contribution >= 4 is 6.09 Å². The summed E-state index contributed by atoms with van der Waals surface area (Å²) in [5.41, 5.74) is 6.57. The maximum Gasteiger partial charge on any atom is 0.410 e. The fourth-order valence-corrected chi connectivity index (χ4v) is 2.29. The van der Waals surface area contributed by atoms with Gasteiger partial charge >= 0.3 is 6.09 Å². The number of halogens is 2.